The average Bonchev–Trinajstić information content (AvgIpc) is 3.45. The molecule has 1 fully saturated rings. The molecule has 1 amide bonds. The number of amides is 1. The number of anilines is 1. The molecule has 0 spiro atoms. The van der Waals surface area contributed by atoms with Gasteiger partial charge in [-0.15, -0.1) is 0 Å². The maximum atomic E-state index is 12.9. The molecule has 0 aliphatic carbocycles. The van der Waals surface area contributed by atoms with Gasteiger partial charge in [0, 0.05) is 44.0 Å². The van der Waals surface area contributed by atoms with Gasteiger partial charge in [-0.3, -0.25) is 9.36 Å². The van der Waals surface area contributed by atoms with E-state index >= 15 is 0 Å². The molecule has 3 aromatic rings. The normalized spacial score (nSPS) is 15.6. The zero-order valence-electron chi connectivity index (χ0n) is 22.3. The van der Waals surface area contributed by atoms with Crippen LogP contribution in [0.5, 0.6) is 11.5 Å². The van der Waals surface area contributed by atoms with Crippen LogP contribution in [0.1, 0.15) is 63.6 Å². The van der Waals surface area contributed by atoms with Crippen molar-refractivity contribution >= 4 is 11.7 Å². The molecule has 1 aromatic carbocycles. The molecule has 37 heavy (non-hydrogen) atoms. The van der Waals surface area contributed by atoms with E-state index in [1.54, 1.807) is 19.6 Å². The smallest absolute Gasteiger partial charge is 0.237 e. The van der Waals surface area contributed by atoms with E-state index in [2.05, 4.69) is 35.1 Å². The number of rotatable bonds is 11. The second-order valence-corrected chi connectivity index (χ2v) is 9.64. The van der Waals surface area contributed by atoms with E-state index in [4.69, 9.17) is 19.4 Å². The Morgan fingerprint density at radius 3 is 2.78 bits per heavy atom. The molecule has 0 bridgehead atoms. The monoisotopic (exact) mass is 506 g/mol. The summed E-state index contributed by atoms with van der Waals surface area (Å²) < 4.78 is 12.9. The van der Waals surface area contributed by atoms with Crippen LogP contribution in [0.3, 0.4) is 0 Å². The number of hydrogen-bond donors (Lipinski definition) is 1. The lowest BCUT2D eigenvalue weighted by Gasteiger charge is -2.36. The molecule has 9 heteroatoms. The Morgan fingerprint density at radius 1 is 1.19 bits per heavy atom. The van der Waals surface area contributed by atoms with Gasteiger partial charge in [0.15, 0.2) is 11.5 Å². The molecule has 4 rings (SSSR count). The summed E-state index contributed by atoms with van der Waals surface area (Å²) in [6.07, 6.45) is 9.60. The van der Waals surface area contributed by atoms with Crippen LogP contribution in [-0.4, -0.2) is 58.3 Å². The number of carbonyl (C=O) groups excluding carboxylic acids is 1. The summed E-state index contributed by atoms with van der Waals surface area (Å²) in [5.41, 5.74) is 2.07. The van der Waals surface area contributed by atoms with Crippen LogP contribution in [-0.2, 0) is 11.2 Å². The molecule has 0 saturated carbocycles. The topological polar surface area (TPSA) is 94.4 Å². The van der Waals surface area contributed by atoms with Gasteiger partial charge in [0.2, 0.25) is 11.9 Å². The number of nitrogens with one attached hydrogen (secondary N) is 1. The summed E-state index contributed by atoms with van der Waals surface area (Å²) in [6.45, 7) is 8.24. The first kappa shape index (κ1) is 26.4. The van der Waals surface area contributed by atoms with Crippen LogP contribution in [0.15, 0.2) is 43.0 Å². The summed E-state index contributed by atoms with van der Waals surface area (Å²) in [4.78, 5) is 29.0. The first-order chi connectivity index (χ1) is 18.0. The fourth-order valence-corrected chi connectivity index (χ4v) is 4.66. The minimum Gasteiger partial charge on any atom is -0.493 e. The third-order valence-corrected chi connectivity index (χ3v) is 6.65. The number of aromatic nitrogens is 4. The zero-order valence-corrected chi connectivity index (χ0v) is 22.3. The van der Waals surface area contributed by atoms with E-state index in [0.717, 1.165) is 55.1 Å². The van der Waals surface area contributed by atoms with Crippen LogP contribution in [0.2, 0.25) is 0 Å². The molecule has 1 atom stereocenters. The van der Waals surface area contributed by atoms with Crippen molar-refractivity contribution < 1.29 is 14.3 Å². The fraction of sp³-hybridized carbons (Fsp3) is 0.500. The number of hydrogen-bond acceptors (Lipinski definition) is 7. The Labute approximate surface area is 219 Å². The van der Waals surface area contributed by atoms with Gasteiger partial charge in [0.05, 0.1) is 19.4 Å². The number of carbonyl (C=O) groups is 1. The number of ether oxygens (including phenoxy) is 2. The lowest BCUT2D eigenvalue weighted by atomic mass is 9.98. The molecule has 1 saturated heterocycles. The first-order valence-electron chi connectivity index (χ1n) is 13.2. The van der Waals surface area contributed by atoms with Crippen molar-refractivity contribution in [2.45, 2.75) is 64.8 Å². The lowest BCUT2D eigenvalue weighted by molar-refractivity contribution is -0.121. The van der Waals surface area contributed by atoms with Gasteiger partial charge in [-0.2, -0.15) is 4.98 Å². The standard InChI is InChI=1S/C28H38N6O3/c1-5-37-24-10-9-21(16-25(24)36-4)11-12-30-27(35)17-22-8-6-7-14-34(22)26-18-23(20(2)3)31-28(32-26)33-15-13-29-19-33/h9-10,13,15-16,18-20,22H,5-8,11-12,14,17H2,1-4H3,(H,30,35). The Balaban J connectivity index is 1.40. The Hall–Kier alpha value is -3.62. The van der Waals surface area contributed by atoms with Crippen molar-refractivity contribution in [1.82, 2.24) is 24.8 Å². The van der Waals surface area contributed by atoms with Crippen molar-refractivity contribution in [2.24, 2.45) is 0 Å². The minimum absolute atomic E-state index is 0.0581. The SMILES string of the molecule is CCOc1ccc(CCNC(=O)CC2CCCCN2c2cc(C(C)C)nc(-n3ccnc3)n2)cc1OC. The summed E-state index contributed by atoms with van der Waals surface area (Å²) in [5.74, 6) is 3.25. The van der Waals surface area contributed by atoms with E-state index in [1.165, 1.54) is 0 Å². The van der Waals surface area contributed by atoms with Crippen molar-refractivity contribution in [3.63, 3.8) is 0 Å². The number of benzene rings is 1. The predicted octanol–water partition coefficient (Wildman–Crippen LogP) is 4.30. The molecule has 198 valence electrons. The highest BCUT2D eigenvalue weighted by Crippen LogP contribution is 2.29. The molecular weight excluding hydrogens is 468 g/mol. The summed E-state index contributed by atoms with van der Waals surface area (Å²) in [7, 11) is 1.64. The Morgan fingerprint density at radius 2 is 2.05 bits per heavy atom. The van der Waals surface area contributed by atoms with E-state index in [0.29, 0.717) is 31.3 Å². The Kier molecular flexibility index (Phi) is 8.98. The highest BCUT2D eigenvalue weighted by Gasteiger charge is 2.27. The highest BCUT2D eigenvalue weighted by atomic mass is 16.5. The number of nitrogens with zero attached hydrogens (tertiary/aromatic N) is 5. The summed E-state index contributed by atoms with van der Waals surface area (Å²) in [6, 6.07) is 8.08. The van der Waals surface area contributed by atoms with E-state index in [1.807, 2.05) is 35.9 Å². The van der Waals surface area contributed by atoms with E-state index in [9.17, 15) is 4.79 Å². The summed E-state index contributed by atoms with van der Waals surface area (Å²) in [5, 5.41) is 3.11. The molecule has 0 radical (unpaired) electrons. The molecule has 1 N–H and O–H groups in total. The van der Waals surface area contributed by atoms with Gasteiger partial charge < -0.3 is 19.7 Å². The van der Waals surface area contributed by atoms with Crippen LogP contribution >= 0.6 is 0 Å². The van der Waals surface area contributed by atoms with Crippen LogP contribution < -0.4 is 19.7 Å². The maximum absolute atomic E-state index is 12.9. The molecule has 1 unspecified atom stereocenters. The van der Waals surface area contributed by atoms with Gasteiger partial charge in [-0.05, 0) is 56.2 Å². The van der Waals surface area contributed by atoms with E-state index in [-0.39, 0.29) is 17.9 Å². The number of piperidine rings is 1. The predicted molar refractivity (Wildman–Crippen MR) is 144 cm³/mol. The summed E-state index contributed by atoms with van der Waals surface area (Å²) >= 11 is 0. The molecule has 2 aromatic heterocycles. The minimum atomic E-state index is 0.0581. The van der Waals surface area contributed by atoms with Gasteiger partial charge in [-0.25, -0.2) is 9.97 Å². The van der Waals surface area contributed by atoms with Crippen molar-refractivity contribution in [1.29, 1.82) is 0 Å². The molecule has 9 nitrogen and oxygen atoms in total. The third kappa shape index (κ3) is 6.78. The molecular formula is C28H38N6O3. The average molecular weight is 507 g/mol. The van der Waals surface area contributed by atoms with Gasteiger partial charge in [0.1, 0.15) is 12.1 Å². The molecule has 3 heterocycles. The zero-order chi connectivity index (χ0) is 26.2. The largest absolute Gasteiger partial charge is 0.493 e. The second kappa shape index (κ2) is 12.6. The number of methoxy groups -OCH3 is 1. The molecule has 1 aliphatic heterocycles. The lowest BCUT2D eigenvalue weighted by Crippen LogP contribution is -2.43. The number of imidazole rings is 1. The van der Waals surface area contributed by atoms with Crippen LogP contribution in [0, 0.1) is 0 Å². The van der Waals surface area contributed by atoms with Crippen LogP contribution in [0.25, 0.3) is 5.95 Å². The Bertz CT molecular complexity index is 1160. The highest BCUT2D eigenvalue weighted by molar-refractivity contribution is 5.77. The first-order valence-corrected chi connectivity index (χ1v) is 13.2. The molecule has 1 aliphatic rings. The fourth-order valence-electron chi connectivity index (χ4n) is 4.66. The second-order valence-electron chi connectivity index (χ2n) is 9.64. The quantitative estimate of drug-likeness (QED) is 0.414. The third-order valence-electron chi connectivity index (χ3n) is 6.65. The van der Waals surface area contributed by atoms with E-state index < -0.39 is 0 Å². The van der Waals surface area contributed by atoms with Gasteiger partial charge in [0.25, 0.3) is 0 Å². The van der Waals surface area contributed by atoms with Gasteiger partial charge in [-0.1, -0.05) is 19.9 Å². The van der Waals surface area contributed by atoms with Crippen LogP contribution in [0.4, 0.5) is 5.82 Å². The maximum Gasteiger partial charge on any atom is 0.237 e. The van der Waals surface area contributed by atoms with Crippen molar-refractivity contribution in [3.05, 3.63) is 54.2 Å². The van der Waals surface area contributed by atoms with Gasteiger partial charge >= 0.3 is 0 Å². The van der Waals surface area contributed by atoms with Crippen molar-refractivity contribution in [3.8, 4) is 17.4 Å². The van der Waals surface area contributed by atoms with Crippen molar-refractivity contribution in [2.75, 3.05) is 31.7 Å².